The molecule has 1 unspecified atom stereocenters. The van der Waals surface area contributed by atoms with Gasteiger partial charge in [0.05, 0.1) is 40.2 Å². The van der Waals surface area contributed by atoms with Crippen molar-refractivity contribution in [3.63, 3.8) is 0 Å². The number of likely N-dealkylation sites (N-methyl/N-ethyl adjacent to an activating group) is 1. The maximum Gasteiger partial charge on any atom is 0.222 e. The maximum absolute atomic E-state index is 12.9. The third-order valence-electron chi connectivity index (χ3n) is 5.92. The zero-order valence-corrected chi connectivity index (χ0v) is 20.2. The molecule has 1 amide bonds. The zero-order valence-electron chi connectivity index (χ0n) is 20.2. The van der Waals surface area contributed by atoms with Crippen LogP contribution in [0.1, 0.15) is 44.4 Å². The van der Waals surface area contributed by atoms with E-state index in [4.69, 9.17) is 0 Å². The van der Waals surface area contributed by atoms with Gasteiger partial charge < -0.3 is 20.0 Å². The fraction of sp³-hybridized carbons (Fsp3) is 0.480. The average Bonchev–Trinajstić information content (AvgIpc) is 3.15. The smallest absolute Gasteiger partial charge is 0.222 e. The Morgan fingerprint density at radius 3 is 2.30 bits per heavy atom. The lowest BCUT2D eigenvalue weighted by Crippen LogP contribution is -2.47. The molecule has 2 aromatic carbocycles. The van der Waals surface area contributed by atoms with Crippen molar-refractivity contribution in [1.29, 1.82) is 0 Å². The number of amides is 1. The van der Waals surface area contributed by atoms with Crippen molar-refractivity contribution in [3.05, 3.63) is 53.6 Å². The van der Waals surface area contributed by atoms with Crippen LogP contribution in [-0.2, 0) is 10.2 Å². The van der Waals surface area contributed by atoms with Crippen LogP contribution in [0, 0.1) is 0 Å². The van der Waals surface area contributed by atoms with E-state index in [2.05, 4.69) is 15.5 Å². The van der Waals surface area contributed by atoms with Gasteiger partial charge in [0.15, 0.2) is 0 Å². The SMILES string of the molecule is CC(C)(C)c1cc(C(CC(=O)NCC[N+](C)(C)CCO)n2nc3ccccc3n2)ccc1O. The number of phenolic OH excluding ortho intramolecular Hbond substituents is 1. The molecule has 0 saturated carbocycles. The number of aromatic hydroxyl groups is 1. The molecule has 0 fully saturated rings. The molecule has 3 rings (SSSR count). The Hall–Kier alpha value is -2.97. The highest BCUT2D eigenvalue weighted by molar-refractivity contribution is 5.77. The molecule has 0 saturated heterocycles. The molecular weight excluding hydrogens is 418 g/mol. The molecule has 1 heterocycles. The first kappa shape index (κ1) is 24.7. The lowest BCUT2D eigenvalue weighted by atomic mass is 9.84. The lowest BCUT2D eigenvalue weighted by Gasteiger charge is -2.29. The summed E-state index contributed by atoms with van der Waals surface area (Å²) in [5, 5.41) is 31.9. The van der Waals surface area contributed by atoms with Gasteiger partial charge in [0, 0.05) is 0 Å². The second kappa shape index (κ2) is 9.89. The van der Waals surface area contributed by atoms with E-state index in [1.165, 1.54) is 0 Å². The number of hydrogen-bond donors (Lipinski definition) is 3. The van der Waals surface area contributed by atoms with E-state index in [1.807, 2.05) is 71.3 Å². The van der Waals surface area contributed by atoms with Crippen molar-refractivity contribution in [2.24, 2.45) is 0 Å². The molecule has 0 bridgehead atoms. The molecule has 1 aromatic heterocycles. The number of aliphatic hydroxyl groups excluding tert-OH is 1. The van der Waals surface area contributed by atoms with Crippen LogP contribution in [0.25, 0.3) is 11.0 Å². The number of hydrogen-bond acceptors (Lipinski definition) is 5. The number of quaternary nitrogens is 1. The van der Waals surface area contributed by atoms with Crippen molar-refractivity contribution in [2.45, 2.75) is 38.6 Å². The highest BCUT2D eigenvalue weighted by Gasteiger charge is 2.25. The molecule has 1 atom stereocenters. The maximum atomic E-state index is 12.9. The predicted molar refractivity (Wildman–Crippen MR) is 129 cm³/mol. The van der Waals surface area contributed by atoms with Crippen LogP contribution in [0.15, 0.2) is 42.5 Å². The molecule has 0 aliphatic carbocycles. The number of aliphatic hydroxyl groups is 1. The van der Waals surface area contributed by atoms with Crippen molar-refractivity contribution in [2.75, 3.05) is 40.3 Å². The van der Waals surface area contributed by atoms with Crippen LogP contribution < -0.4 is 5.32 Å². The van der Waals surface area contributed by atoms with E-state index in [0.717, 1.165) is 22.2 Å². The van der Waals surface area contributed by atoms with Crippen LogP contribution >= 0.6 is 0 Å². The van der Waals surface area contributed by atoms with Crippen molar-refractivity contribution >= 4 is 16.9 Å². The Kier molecular flexibility index (Phi) is 7.39. The lowest BCUT2D eigenvalue weighted by molar-refractivity contribution is -0.889. The standard InChI is InChI=1S/C25H35N5O3/c1-25(2,3)19-16-18(10-11-23(19)32)22(29-27-20-8-6-7-9-21(20)28-29)17-24(33)26-12-13-30(4,5)14-15-31/h6-11,16,22,31H,12-15,17H2,1-5H3,(H-,26,32,33)/p+1. The first-order valence-corrected chi connectivity index (χ1v) is 11.3. The van der Waals surface area contributed by atoms with Gasteiger partial charge in [-0.05, 0) is 40.8 Å². The minimum Gasteiger partial charge on any atom is -0.508 e. The molecule has 3 aromatic rings. The number of nitrogens with one attached hydrogen (secondary N) is 1. The molecule has 0 aliphatic heterocycles. The molecule has 0 aliphatic rings. The summed E-state index contributed by atoms with van der Waals surface area (Å²) in [5.74, 6) is 0.132. The Labute approximate surface area is 195 Å². The molecule has 0 spiro atoms. The van der Waals surface area contributed by atoms with Crippen molar-refractivity contribution < 1.29 is 19.5 Å². The van der Waals surface area contributed by atoms with Crippen LogP contribution in [0.2, 0.25) is 0 Å². The van der Waals surface area contributed by atoms with Crippen molar-refractivity contribution in [3.8, 4) is 5.75 Å². The number of phenols is 1. The number of benzene rings is 2. The van der Waals surface area contributed by atoms with Gasteiger partial charge in [-0.25, -0.2) is 0 Å². The summed E-state index contributed by atoms with van der Waals surface area (Å²) >= 11 is 0. The summed E-state index contributed by atoms with van der Waals surface area (Å²) in [6, 6.07) is 12.7. The molecule has 8 nitrogen and oxygen atoms in total. The highest BCUT2D eigenvalue weighted by atomic mass is 16.3. The number of aromatic nitrogens is 3. The minimum absolute atomic E-state index is 0.101. The first-order chi connectivity index (χ1) is 15.5. The van der Waals surface area contributed by atoms with E-state index in [0.29, 0.717) is 24.1 Å². The van der Waals surface area contributed by atoms with Gasteiger partial charge in [-0.1, -0.05) is 39.0 Å². The minimum atomic E-state index is -0.418. The van der Waals surface area contributed by atoms with E-state index in [1.54, 1.807) is 10.9 Å². The van der Waals surface area contributed by atoms with Crippen LogP contribution in [-0.4, -0.2) is 75.9 Å². The second-order valence-corrected chi connectivity index (χ2v) is 10.2. The topological polar surface area (TPSA) is 100 Å². The van der Waals surface area contributed by atoms with Gasteiger partial charge >= 0.3 is 0 Å². The van der Waals surface area contributed by atoms with E-state index < -0.39 is 6.04 Å². The number of carbonyl (C=O) groups excluding carboxylic acids is 1. The van der Waals surface area contributed by atoms with Crippen LogP contribution in [0.3, 0.4) is 0 Å². The monoisotopic (exact) mass is 454 g/mol. The molecule has 178 valence electrons. The van der Waals surface area contributed by atoms with E-state index in [-0.39, 0.29) is 30.1 Å². The van der Waals surface area contributed by atoms with Crippen molar-refractivity contribution in [1.82, 2.24) is 20.3 Å². The van der Waals surface area contributed by atoms with Gasteiger partial charge in [0.1, 0.15) is 29.4 Å². The van der Waals surface area contributed by atoms with Gasteiger partial charge in [-0.3, -0.25) is 4.79 Å². The number of fused-ring (bicyclic) bond motifs is 1. The molecule has 33 heavy (non-hydrogen) atoms. The Morgan fingerprint density at radius 1 is 1.09 bits per heavy atom. The summed E-state index contributed by atoms with van der Waals surface area (Å²) in [6.45, 7) is 8.09. The predicted octanol–water partition coefficient (Wildman–Crippen LogP) is 2.60. The quantitative estimate of drug-likeness (QED) is 0.432. The average molecular weight is 455 g/mol. The second-order valence-electron chi connectivity index (χ2n) is 10.2. The highest BCUT2D eigenvalue weighted by Crippen LogP contribution is 2.34. The fourth-order valence-electron chi connectivity index (χ4n) is 3.84. The summed E-state index contributed by atoms with van der Waals surface area (Å²) < 4.78 is 0.624. The zero-order chi connectivity index (χ0) is 24.2. The molecule has 8 heteroatoms. The fourth-order valence-corrected chi connectivity index (χ4v) is 3.84. The number of rotatable bonds is 9. The Morgan fingerprint density at radius 2 is 1.73 bits per heavy atom. The normalized spacial score (nSPS) is 13.3. The summed E-state index contributed by atoms with van der Waals surface area (Å²) in [7, 11) is 4.05. The van der Waals surface area contributed by atoms with Gasteiger partial charge in [-0.2, -0.15) is 15.0 Å². The molecule has 3 N–H and O–H groups in total. The van der Waals surface area contributed by atoms with Gasteiger partial charge in [0.25, 0.3) is 0 Å². The van der Waals surface area contributed by atoms with E-state index in [9.17, 15) is 15.0 Å². The first-order valence-electron chi connectivity index (χ1n) is 11.3. The molecule has 0 radical (unpaired) electrons. The summed E-state index contributed by atoms with van der Waals surface area (Å²) in [5.41, 5.74) is 2.95. The van der Waals surface area contributed by atoms with E-state index >= 15 is 0 Å². The van der Waals surface area contributed by atoms with Crippen LogP contribution in [0.4, 0.5) is 0 Å². The Bertz CT molecular complexity index is 1070. The summed E-state index contributed by atoms with van der Waals surface area (Å²) in [6.07, 6.45) is 0.169. The largest absolute Gasteiger partial charge is 0.508 e. The third-order valence-corrected chi connectivity index (χ3v) is 5.92. The van der Waals surface area contributed by atoms with Gasteiger partial charge in [-0.15, -0.1) is 0 Å². The summed E-state index contributed by atoms with van der Waals surface area (Å²) in [4.78, 5) is 14.5. The number of carbonyl (C=O) groups is 1. The Balaban J connectivity index is 1.88. The van der Waals surface area contributed by atoms with Gasteiger partial charge in [0.2, 0.25) is 5.91 Å². The van der Waals surface area contributed by atoms with Crippen LogP contribution in [0.5, 0.6) is 5.75 Å². The third kappa shape index (κ3) is 6.30. The number of nitrogens with zero attached hydrogens (tertiary/aromatic N) is 4. The molecular formula is C25H36N5O3+.